The lowest BCUT2D eigenvalue weighted by molar-refractivity contribution is -0.890. The van der Waals surface area contributed by atoms with Gasteiger partial charge in [0.15, 0.2) is 0 Å². The third kappa shape index (κ3) is 2.39. The van der Waals surface area contributed by atoms with E-state index >= 15 is 0 Å². The maximum absolute atomic E-state index is 11.4. The largest absolute Gasteiger partial charge is 0.377 e. The molecule has 0 fully saturated rings. The van der Waals surface area contributed by atoms with Crippen LogP contribution in [-0.2, 0) is 5.60 Å². The maximum atomic E-state index is 11.4. The van der Waals surface area contributed by atoms with Gasteiger partial charge in [0, 0.05) is 0 Å². The number of fused-ring (bicyclic) bond motifs is 3. The lowest BCUT2D eigenvalue weighted by Gasteiger charge is -2.22. The van der Waals surface area contributed by atoms with Crippen LogP contribution in [0, 0.1) is 0 Å². The number of nitrogens with one attached hydrogen (secondary N) is 1. The predicted molar refractivity (Wildman–Crippen MR) is 90.9 cm³/mol. The highest BCUT2D eigenvalue weighted by atomic mass is 16.3. The van der Waals surface area contributed by atoms with Gasteiger partial charge < -0.3 is 10.0 Å². The summed E-state index contributed by atoms with van der Waals surface area (Å²) in [5, 5.41) is 11.4. The summed E-state index contributed by atoms with van der Waals surface area (Å²) < 4.78 is 0. The van der Waals surface area contributed by atoms with Crippen molar-refractivity contribution in [2.24, 2.45) is 0 Å². The lowest BCUT2D eigenvalue weighted by Crippen LogP contribution is -3.11. The highest BCUT2D eigenvalue weighted by molar-refractivity contribution is 5.81. The molecule has 3 rings (SSSR count). The maximum Gasteiger partial charge on any atom is 0.135 e. The SMILES string of the molecule is CC[NH+](CC)C/C=C/C1(O)c2ccccc2-c2ccccc21. The first-order valence-corrected chi connectivity index (χ1v) is 8.13. The van der Waals surface area contributed by atoms with Crippen LogP contribution in [0.4, 0.5) is 0 Å². The van der Waals surface area contributed by atoms with E-state index < -0.39 is 5.60 Å². The van der Waals surface area contributed by atoms with Gasteiger partial charge in [0.25, 0.3) is 0 Å². The zero-order valence-corrected chi connectivity index (χ0v) is 13.3. The molecule has 0 unspecified atom stereocenters. The van der Waals surface area contributed by atoms with Gasteiger partial charge >= 0.3 is 0 Å². The first-order valence-electron chi connectivity index (χ1n) is 8.13. The molecule has 0 atom stereocenters. The summed E-state index contributed by atoms with van der Waals surface area (Å²) in [6, 6.07) is 16.3. The molecule has 2 aromatic carbocycles. The van der Waals surface area contributed by atoms with E-state index in [2.05, 4.69) is 32.1 Å². The second-order valence-corrected chi connectivity index (χ2v) is 5.92. The average Bonchev–Trinajstić information content (AvgIpc) is 2.82. The van der Waals surface area contributed by atoms with Crippen LogP contribution in [-0.4, -0.2) is 24.7 Å². The molecule has 2 aromatic rings. The Morgan fingerprint density at radius 3 is 1.91 bits per heavy atom. The molecule has 0 aliphatic heterocycles. The molecule has 22 heavy (non-hydrogen) atoms. The van der Waals surface area contributed by atoms with Crippen molar-refractivity contribution in [2.75, 3.05) is 19.6 Å². The third-order valence-corrected chi connectivity index (χ3v) is 4.73. The fraction of sp³-hybridized carbons (Fsp3) is 0.300. The van der Waals surface area contributed by atoms with Crippen molar-refractivity contribution in [3.05, 3.63) is 71.8 Å². The zero-order chi connectivity index (χ0) is 15.6. The summed E-state index contributed by atoms with van der Waals surface area (Å²) in [4.78, 5) is 1.51. The van der Waals surface area contributed by atoms with Crippen molar-refractivity contribution in [3.8, 4) is 11.1 Å². The third-order valence-electron chi connectivity index (χ3n) is 4.73. The van der Waals surface area contributed by atoms with Crippen molar-refractivity contribution >= 4 is 0 Å². The number of aliphatic hydroxyl groups is 1. The van der Waals surface area contributed by atoms with Crippen molar-refractivity contribution in [3.63, 3.8) is 0 Å². The Morgan fingerprint density at radius 2 is 1.41 bits per heavy atom. The number of benzene rings is 2. The van der Waals surface area contributed by atoms with E-state index in [0.717, 1.165) is 41.9 Å². The monoisotopic (exact) mass is 294 g/mol. The molecule has 0 bridgehead atoms. The van der Waals surface area contributed by atoms with Crippen molar-refractivity contribution in [2.45, 2.75) is 19.4 Å². The van der Waals surface area contributed by atoms with Gasteiger partial charge in [-0.15, -0.1) is 0 Å². The van der Waals surface area contributed by atoms with Crippen molar-refractivity contribution in [1.82, 2.24) is 0 Å². The fourth-order valence-electron chi connectivity index (χ4n) is 3.36. The van der Waals surface area contributed by atoms with E-state index in [-0.39, 0.29) is 0 Å². The van der Waals surface area contributed by atoms with Gasteiger partial charge in [-0.1, -0.05) is 48.5 Å². The van der Waals surface area contributed by atoms with Gasteiger partial charge in [-0.05, 0) is 48.3 Å². The quantitative estimate of drug-likeness (QED) is 0.813. The molecule has 0 spiro atoms. The predicted octanol–water partition coefficient (Wildman–Crippen LogP) is 2.38. The number of likely N-dealkylation sites (N-methyl/N-ethyl adjacent to an activating group) is 1. The summed E-state index contributed by atoms with van der Waals surface area (Å²) in [5.41, 5.74) is 3.25. The standard InChI is InChI=1S/C20H23NO/c1-3-21(4-2)15-9-14-20(22)18-12-7-5-10-16(18)17-11-6-8-13-19(17)20/h5-14,22H,3-4,15H2,1-2H3/p+1/b14-9+. The first kappa shape index (κ1) is 15.0. The fourth-order valence-corrected chi connectivity index (χ4v) is 3.36. The summed E-state index contributed by atoms with van der Waals surface area (Å²) in [6.45, 7) is 7.54. The summed E-state index contributed by atoms with van der Waals surface area (Å²) in [7, 11) is 0. The minimum Gasteiger partial charge on any atom is -0.377 e. The molecule has 2 heteroatoms. The van der Waals surface area contributed by atoms with Crippen molar-refractivity contribution in [1.29, 1.82) is 0 Å². The molecule has 114 valence electrons. The van der Waals surface area contributed by atoms with Gasteiger partial charge in [-0.2, -0.15) is 0 Å². The van der Waals surface area contributed by atoms with E-state index in [1.54, 1.807) is 0 Å². The molecule has 2 N–H and O–H groups in total. The topological polar surface area (TPSA) is 24.7 Å². The smallest absolute Gasteiger partial charge is 0.135 e. The molecular formula is C20H24NO+. The lowest BCUT2D eigenvalue weighted by atomic mass is 9.91. The Kier molecular flexibility index (Phi) is 4.14. The molecule has 0 saturated carbocycles. The minimum absolute atomic E-state index is 0.944. The van der Waals surface area contributed by atoms with Crippen LogP contribution in [0.15, 0.2) is 60.7 Å². The zero-order valence-electron chi connectivity index (χ0n) is 13.3. The second-order valence-electron chi connectivity index (χ2n) is 5.92. The number of hydrogen-bond donors (Lipinski definition) is 2. The summed E-state index contributed by atoms with van der Waals surface area (Å²) >= 11 is 0. The van der Waals surface area contributed by atoms with Crippen LogP contribution in [0.5, 0.6) is 0 Å². The van der Waals surface area contributed by atoms with Crippen LogP contribution >= 0.6 is 0 Å². The second kappa shape index (κ2) is 6.07. The molecule has 0 radical (unpaired) electrons. The molecule has 0 saturated heterocycles. The normalized spacial score (nSPS) is 15.3. The van der Waals surface area contributed by atoms with Crippen LogP contribution in [0.25, 0.3) is 11.1 Å². The molecule has 1 aliphatic rings. The number of hydrogen-bond acceptors (Lipinski definition) is 1. The minimum atomic E-state index is -1.00. The number of rotatable bonds is 5. The Hall–Kier alpha value is -1.90. The van der Waals surface area contributed by atoms with E-state index in [1.165, 1.54) is 4.90 Å². The molecule has 2 nitrogen and oxygen atoms in total. The molecule has 0 heterocycles. The molecule has 0 amide bonds. The Labute approximate surface area is 132 Å². The van der Waals surface area contributed by atoms with Gasteiger partial charge in [0.1, 0.15) is 5.60 Å². The average molecular weight is 294 g/mol. The van der Waals surface area contributed by atoms with Crippen LogP contribution in [0.2, 0.25) is 0 Å². The van der Waals surface area contributed by atoms with Crippen LogP contribution in [0.1, 0.15) is 25.0 Å². The molecule has 1 aliphatic carbocycles. The molecular weight excluding hydrogens is 270 g/mol. The summed E-state index contributed by atoms with van der Waals surface area (Å²) in [5.74, 6) is 0. The van der Waals surface area contributed by atoms with E-state index in [4.69, 9.17) is 0 Å². The Balaban J connectivity index is 2.00. The van der Waals surface area contributed by atoms with E-state index in [1.807, 2.05) is 42.5 Å². The Bertz CT molecular complexity index is 640. The number of quaternary nitrogens is 1. The van der Waals surface area contributed by atoms with Gasteiger partial charge in [0.2, 0.25) is 0 Å². The van der Waals surface area contributed by atoms with Gasteiger partial charge in [0.05, 0.1) is 19.6 Å². The van der Waals surface area contributed by atoms with Gasteiger partial charge in [-0.25, -0.2) is 0 Å². The van der Waals surface area contributed by atoms with Gasteiger partial charge in [-0.3, -0.25) is 0 Å². The van der Waals surface area contributed by atoms with E-state index in [9.17, 15) is 5.11 Å². The first-order chi connectivity index (χ1) is 10.7. The Morgan fingerprint density at radius 1 is 0.909 bits per heavy atom. The highest BCUT2D eigenvalue weighted by Gasteiger charge is 2.38. The van der Waals surface area contributed by atoms with E-state index in [0.29, 0.717) is 0 Å². The summed E-state index contributed by atoms with van der Waals surface area (Å²) in [6.07, 6.45) is 4.10. The highest BCUT2D eigenvalue weighted by Crippen LogP contribution is 2.47. The molecule has 0 aromatic heterocycles. The van der Waals surface area contributed by atoms with Crippen LogP contribution in [0.3, 0.4) is 0 Å². The van der Waals surface area contributed by atoms with Crippen LogP contribution < -0.4 is 4.90 Å². The van der Waals surface area contributed by atoms with Crippen molar-refractivity contribution < 1.29 is 10.0 Å².